The van der Waals surface area contributed by atoms with E-state index in [0.717, 1.165) is 11.1 Å². The van der Waals surface area contributed by atoms with Crippen molar-refractivity contribution in [1.82, 2.24) is 0 Å². The Kier molecular flexibility index (Phi) is 3.15. The van der Waals surface area contributed by atoms with Crippen molar-refractivity contribution in [3.63, 3.8) is 0 Å². The number of hydrogen-bond donors (Lipinski definition) is 2. The summed E-state index contributed by atoms with van der Waals surface area (Å²) in [6.07, 6.45) is 0. The molecule has 0 saturated heterocycles. The third-order valence-corrected chi connectivity index (χ3v) is 2.78. The summed E-state index contributed by atoms with van der Waals surface area (Å²) >= 11 is 0. The molecule has 0 spiro atoms. The van der Waals surface area contributed by atoms with Gasteiger partial charge in [0.15, 0.2) is 0 Å². The normalized spacial score (nSPS) is 11.5. The zero-order chi connectivity index (χ0) is 11.6. The molecule has 0 fully saturated rings. The minimum absolute atomic E-state index is 0.0601. The molecule has 0 aliphatic rings. The molecule has 0 aliphatic carbocycles. The lowest BCUT2D eigenvalue weighted by Crippen LogP contribution is -2.28. The van der Waals surface area contributed by atoms with Crippen LogP contribution in [-0.2, 0) is 16.8 Å². The van der Waals surface area contributed by atoms with Gasteiger partial charge in [0.05, 0.1) is 12.0 Å². The summed E-state index contributed by atoms with van der Waals surface area (Å²) in [6.45, 7) is 5.14. The fraction of sp³-hybridized carbons (Fsp3) is 0.417. The van der Waals surface area contributed by atoms with Gasteiger partial charge in [-0.05, 0) is 37.5 Å². The van der Waals surface area contributed by atoms with Crippen molar-refractivity contribution < 1.29 is 15.0 Å². The smallest absolute Gasteiger partial charge is 0.313 e. The minimum atomic E-state index is -0.919. The molecule has 0 atom stereocenters. The van der Waals surface area contributed by atoms with Crippen LogP contribution in [0.1, 0.15) is 30.5 Å². The van der Waals surface area contributed by atoms with Crippen molar-refractivity contribution in [3.05, 3.63) is 34.9 Å². The van der Waals surface area contributed by atoms with Crippen LogP contribution in [0.25, 0.3) is 0 Å². The molecule has 0 heterocycles. The third-order valence-electron chi connectivity index (χ3n) is 2.78. The molecule has 0 saturated carbocycles. The van der Waals surface area contributed by atoms with Crippen LogP contribution in [-0.4, -0.2) is 16.2 Å². The van der Waals surface area contributed by atoms with Gasteiger partial charge in [-0.2, -0.15) is 0 Å². The second-order valence-corrected chi connectivity index (χ2v) is 4.23. The molecule has 3 nitrogen and oxygen atoms in total. The summed E-state index contributed by atoms with van der Waals surface area (Å²) < 4.78 is 0. The molecule has 1 aromatic rings. The monoisotopic (exact) mass is 208 g/mol. The van der Waals surface area contributed by atoms with Crippen molar-refractivity contribution in [2.75, 3.05) is 0 Å². The van der Waals surface area contributed by atoms with Gasteiger partial charge in [-0.25, -0.2) is 0 Å². The molecule has 15 heavy (non-hydrogen) atoms. The second-order valence-electron chi connectivity index (χ2n) is 4.23. The lowest BCUT2D eigenvalue weighted by Gasteiger charge is -2.20. The summed E-state index contributed by atoms with van der Waals surface area (Å²) in [7, 11) is 0. The Morgan fingerprint density at radius 3 is 2.47 bits per heavy atom. The minimum Gasteiger partial charge on any atom is -0.481 e. The van der Waals surface area contributed by atoms with Crippen molar-refractivity contribution in [2.24, 2.45) is 0 Å². The standard InChI is InChI=1S/C12H16O3/c1-8-4-5-10(6-9(8)7-13)12(2,3)11(14)15/h4-6,13H,7H2,1-3H3,(H,14,15). The zero-order valence-electron chi connectivity index (χ0n) is 9.24. The Hall–Kier alpha value is -1.35. The quantitative estimate of drug-likeness (QED) is 0.797. The lowest BCUT2D eigenvalue weighted by atomic mass is 9.83. The Balaban J connectivity index is 3.22. The Bertz CT molecular complexity index is 380. The zero-order valence-corrected chi connectivity index (χ0v) is 9.24. The van der Waals surface area contributed by atoms with Gasteiger partial charge in [-0.15, -0.1) is 0 Å². The van der Waals surface area contributed by atoms with Crippen LogP contribution in [0, 0.1) is 6.92 Å². The highest BCUT2D eigenvalue weighted by Gasteiger charge is 2.29. The van der Waals surface area contributed by atoms with Gasteiger partial charge >= 0.3 is 5.97 Å². The fourth-order valence-corrected chi connectivity index (χ4v) is 1.35. The Labute approximate surface area is 89.4 Å². The summed E-state index contributed by atoms with van der Waals surface area (Å²) in [5, 5.41) is 18.2. The van der Waals surface area contributed by atoms with E-state index in [1.165, 1.54) is 0 Å². The van der Waals surface area contributed by atoms with Gasteiger partial charge in [0.25, 0.3) is 0 Å². The molecule has 0 amide bonds. The molecular formula is C12H16O3. The summed E-state index contributed by atoms with van der Waals surface area (Å²) in [5.74, 6) is -0.866. The molecule has 82 valence electrons. The number of carbonyl (C=O) groups is 1. The Morgan fingerprint density at radius 1 is 1.40 bits per heavy atom. The molecule has 0 radical (unpaired) electrons. The summed E-state index contributed by atoms with van der Waals surface area (Å²) in [6, 6.07) is 5.39. The van der Waals surface area contributed by atoms with Gasteiger partial charge < -0.3 is 10.2 Å². The van der Waals surface area contributed by atoms with E-state index in [9.17, 15) is 4.79 Å². The van der Waals surface area contributed by atoms with E-state index in [0.29, 0.717) is 5.56 Å². The van der Waals surface area contributed by atoms with E-state index in [4.69, 9.17) is 10.2 Å². The predicted octanol–water partition coefficient (Wildman–Crippen LogP) is 1.85. The fourth-order valence-electron chi connectivity index (χ4n) is 1.35. The number of hydrogen-bond acceptors (Lipinski definition) is 2. The van der Waals surface area contributed by atoms with Crippen LogP contribution in [0.3, 0.4) is 0 Å². The maximum atomic E-state index is 11.0. The molecule has 0 unspecified atom stereocenters. The van der Waals surface area contributed by atoms with Crippen molar-refractivity contribution in [3.8, 4) is 0 Å². The molecule has 2 N–H and O–H groups in total. The number of aliphatic carboxylic acids is 1. The number of carboxylic acid groups (broad SMARTS) is 1. The van der Waals surface area contributed by atoms with Crippen LogP contribution >= 0.6 is 0 Å². The topological polar surface area (TPSA) is 57.5 Å². The van der Waals surface area contributed by atoms with Crippen LogP contribution in [0.4, 0.5) is 0 Å². The summed E-state index contributed by atoms with van der Waals surface area (Å²) in [4.78, 5) is 11.0. The Morgan fingerprint density at radius 2 is 2.00 bits per heavy atom. The number of carboxylic acids is 1. The largest absolute Gasteiger partial charge is 0.481 e. The number of benzene rings is 1. The van der Waals surface area contributed by atoms with Gasteiger partial charge in [0, 0.05) is 0 Å². The van der Waals surface area contributed by atoms with Crippen molar-refractivity contribution >= 4 is 5.97 Å². The van der Waals surface area contributed by atoms with Gasteiger partial charge in [0.1, 0.15) is 0 Å². The number of rotatable bonds is 3. The van der Waals surface area contributed by atoms with E-state index in [1.54, 1.807) is 26.0 Å². The van der Waals surface area contributed by atoms with Gasteiger partial charge in [-0.1, -0.05) is 18.2 Å². The van der Waals surface area contributed by atoms with Crippen molar-refractivity contribution in [1.29, 1.82) is 0 Å². The first-order valence-electron chi connectivity index (χ1n) is 4.84. The number of aryl methyl sites for hydroxylation is 1. The maximum absolute atomic E-state index is 11.0. The average Bonchev–Trinajstić information content (AvgIpc) is 2.18. The number of aliphatic hydroxyl groups excluding tert-OH is 1. The third kappa shape index (κ3) is 2.18. The second kappa shape index (κ2) is 4.03. The summed E-state index contributed by atoms with van der Waals surface area (Å²) in [5.41, 5.74) is 1.55. The first kappa shape index (κ1) is 11.7. The molecule has 1 aromatic carbocycles. The van der Waals surface area contributed by atoms with E-state index in [1.807, 2.05) is 13.0 Å². The van der Waals surface area contributed by atoms with Crippen LogP contribution < -0.4 is 0 Å². The van der Waals surface area contributed by atoms with Gasteiger partial charge in [0.2, 0.25) is 0 Å². The van der Waals surface area contributed by atoms with E-state index in [-0.39, 0.29) is 6.61 Å². The van der Waals surface area contributed by atoms with Crippen LogP contribution in [0.5, 0.6) is 0 Å². The van der Waals surface area contributed by atoms with Crippen LogP contribution in [0.15, 0.2) is 18.2 Å². The first-order chi connectivity index (χ1) is 6.89. The van der Waals surface area contributed by atoms with E-state index < -0.39 is 11.4 Å². The molecule has 3 heteroatoms. The number of aliphatic hydroxyl groups is 1. The van der Waals surface area contributed by atoms with E-state index in [2.05, 4.69) is 0 Å². The molecular weight excluding hydrogens is 192 g/mol. The SMILES string of the molecule is Cc1ccc(C(C)(C)C(=O)O)cc1CO. The highest BCUT2D eigenvalue weighted by molar-refractivity contribution is 5.80. The maximum Gasteiger partial charge on any atom is 0.313 e. The highest BCUT2D eigenvalue weighted by atomic mass is 16.4. The molecule has 0 bridgehead atoms. The highest BCUT2D eigenvalue weighted by Crippen LogP contribution is 2.25. The van der Waals surface area contributed by atoms with Gasteiger partial charge in [-0.3, -0.25) is 4.79 Å². The first-order valence-corrected chi connectivity index (χ1v) is 4.84. The molecule has 1 rings (SSSR count). The lowest BCUT2D eigenvalue weighted by molar-refractivity contribution is -0.142. The molecule has 0 aromatic heterocycles. The van der Waals surface area contributed by atoms with Crippen molar-refractivity contribution in [2.45, 2.75) is 32.8 Å². The molecule has 0 aliphatic heterocycles. The average molecular weight is 208 g/mol. The predicted molar refractivity (Wildman–Crippen MR) is 57.8 cm³/mol. The van der Waals surface area contributed by atoms with E-state index >= 15 is 0 Å². The van der Waals surface area contributed by atoms with Crippen LogP contribution in [0.2, 0.25) is 0 Å².